The van der Waals surface area contributed by atoms with Gasteiger partial charge in [-0.3, -0.25) is 4.79 Å². The highest BCUT2D eigenvalue weighted by Gasteiger charge is 2.50. The maximum atomic E-state index is 14.5. The number of phenolic OH excluding ortho intramolecular Hbond substituents is 1. The van der Waals surface area contributed by atoms with Gasteiger partial charge in [-0.2, -0.15) is 0 Å². The molecule has 0 unspecified atom stereocenters. The molecule has 1 aliphatic carbocycles. The number of benzene rings is 2. The average Bonchev–Trinajstić information content (AvgIpc) is 3.11. The summed E-state index contributed by atoms with van der Waals surface area (Å²) < 4.78 is 50.5. The van der Waals surface area contributed by atoms with Crippen LogP contribution in [0.2, 0.25) is 0 Å². The lowest BCUT2D eigenvalue weighted by molar-refractivity contribution is -0.149. The van der Waals surface area contributed by atoms with Crippen LogP contribution < -0.4 is 0 Å². The molecule has 5 nitrogen and oxygen atoms in total. The molecule has 2 heterocycles. The van der Waals surface area contributed by atoms with Crippen LogP contribution in [0.15, 0.2) is 30.3 Å². The van der Waals surface area contributed by atoms with Gasteiger partial charge < -0.3 is 19.5 Å². The summed E-state index contributed by atoms with van der Waals surface area (Å²) in [5.74, 6) is -4.31. The van der Waals surface area contributed by atoms with Crippen molar-refractivity contribution in [2.45, 2.75) is 50.5 Å². The van der Waals surface area contributed by atoms with Crippen molar-refractivity contribution in [1.29, 1.82) is 0 Å². The van der Waals surface area contributed by atoms with Gasteiger partial charge in [-0.1, -0.05) is 13.8 Å². The van der Waals surface area contributed by atoms with Crippen molar-refractivity contribution >= 4 is 16.9 Å². The monoisotopic (exact) mass is 459 g/mol. The van der Waals surface area contributed by atoms with Gasteiger partial charge in [-0.25, -0.2) is 13.2 Å². The van der Waals surface area contributed by atoms with Crippen LogP contribution in [0.25, 0.3) is 16.6 Å². The van der Waals surface area contributed by atoms with Crippen molar-refractivity contribution < 1.29 is 32.9 Å². The van der Waals surface area contributed by atoms with E-state index in [0.29, 0.717) is 60.1 Å². The second-order valence-electron chi connectivity index (χ2n) is 9.76. The standard InChI is InChI=1S/C25H24F3NO4/c1-24(2)12-33-25(7-5-13(6-8-25)23(31)32)21-20-18(9-14(26)10-19(20)30)29(22(21)24)15-3-4-16(27)17(28)11-15/h3-4,9-11,13,30H,5-8,12H2,1-2H3,(H,31,32)/t13-,25+. The first-order chi connectivity index (χ1) is 15.5. The number of carboxylic acid groups (broad SMARTS) is 1. The summed E-state index contributed by atoms with van der Waals surface area (Å²) in [7, 11) is 0. The zero-order chi connectivity index (χ0) is 23.7. The fraction of sp³-hybridized carbons (Fsp3) is 0.400. The smallest absolute Gasteiger partial charge is 0.306 e. The minimum atomic E-state index is -1.04. The van der Waals surface area contributed by atoms with Crippen LogP contribution in [0.3, 0.4) is 0 Å². The van der Waals surface area contributed by atoms with Crippen LogP contribution in [0.5, 0.6) is 5.75 Å². The van der Waals surface area contributed by atoms with E-state index in [-0.39, 0.29) is 5.75 Å². The molecule has 1 fully saturated rings. The normalized spacial score (nSPS) is 24.2. The van der Waals surface area contributed by atoms with E-state index in [1.165, 1.54) is 12.1 Å². The van der Waals surface area contributed by atoms with Crippen LogP contribution in [0.4, 0.5) is 13.2 Å². The number of carbonyl (C=O) groups is 1. The van der Waals surface area contributed by atoms with Gasteiger partial charge in [0.2, 0.25) is 0 Å². The Hall–Kier alpha value is -3.00. The molecule has 33 heavy (non-hydrogen) atoms. The van der Waals surface area contributed by atoms with Crippen molar-refractivity contribution in [3.05, 3.63) is 59.0 Å². The van der Waals surface area contributed by atoms with E-state index in [2.05, 4.69) is 0 Å². The molecule has 2 aromatic carbocycles. The fourth-order valence-corrected chi connectivity index (χ4v) is 5.52. The van der Waals surface area contributed by atoms with Crippen molar-refractivity contribution in [3.8, 4) is 11.4 Å². The molecule has 5 rings (SSSR count). The number of hydrogen-bond acceptors (Lipinski definition) is 3. The third-order valence-corrected chi connectivity index (χ3v) is 7.12. The van der Waals surface area contributed by atoms with Crippen LogP contribution in [0.1, 0.15) is 50.8 Å². The average molecular weight is 459 g/mol. The second-order valence-corrected chi connectivity index (χ2v) is 9.76. The fourth-order valence-electron chi connectivity index (χ4n) is 5.52. The number of rotatable bonds is 2. The zero-order valence-electron chi connectivity index (χ0n) is 18.3. The van der Waals surface area contributed by atoms with Crippen molar-refractivity contribution in [2.24, 2.45) is 5.92 Å². The van der Waals surface area contributed by atoms with Gasteiger partial charge in [0.25, 0.3) is 0 Å². The van der Waals surface area contributed by atoms with Crippen molar-refractivity contribution in [1.82, 2.24) is 4.57 Å². The van der Waals surface area contributed by atoms with E-state index < -0.39 is 40.4 Å². The number of halogens is 3. The molecule has 0 amide bonds. The van der Waals surface area contributed by atoms with Gasteiger partial charge in [0, 0.05) is 39.9 Å². The Morgan fingerprint density at radius 3 is 2.42 bits per heavy atom. The first-order valence-corrected chi connectivity index (χ1v) is 10.9. The van der Waals surface area contributed by atoms with Crippen molar-refractivity contribution in [2.75, 3.05) is 6.61 Å². The molecular formula is C25H24F3NO4. The number of aromatic nitrogens is 1. The molecule has 1 saturated carbocycles. The lowest BCUT2D eigenvalue weighted by atomic mass is 9.69. The molecule has 1 aliphatic heterocycles. The van der Waals surface area contributed by atoms with Gasteiger partial charge in [-0.05, 0) is 43.9 Å². The number of phenols is 1. The maximum Gasteiger partial charge on any atom is 0.306 e. The Kier molecular flexibility index (Phi) is 4.79. The second kappa shape index (κ2) is 7.25. The van der Waals surface area contributed by atoms with Gasteiger partial charge in [0.1, 0.15) is 11.6 Å². The van der Waals surface area contributed by atoms with E-state index in [4.69, 9.17) is 4.74 Å². The molecule has 2 N–H and O–H groups in total. The summed E-state index contributed by atoms with van der Waals surface area (Å²) in [6.07, 6.45) is 1.63. The first kappa shape index (κ1) is 21.8. The molecule has 0 saturated heterocycles. The Balaban J connectivity index is 1.85. The molecule has 0 atom stereocenters. The number of fused-ring (bicyclic) bond motifs is 4. The first-order valence-electron chi connectivity index (χ1n) is 10.9. The number of hydrogen-bond donors (Lipinski definition) is 2. The van der Waals surface area contributed by atoms with Gasteiger partial charge in [-0.15, -0.1) is 0 Å². The molecule has 3 aromatic rings. The van der Waals surface area contributed by atoms with Crippen LogP contribution >= 0.6 is 0 Å². The maximum absolute atomic E-state index is 14.5. The number of carboxylic acids is 1. The summed E-state index contributed by atoms with van der Waals surface area (Å²) in [6.45, 7) is 4.16. The van der Waals surface area contributed by atoms with E-state index in [9.17, 15) is 28.2 Å². The summed E-state index contributed by atoms with van der Waals surface area (Å²) in [6, 6.07) is 5.77. The van der Waals surface area contributed by atoms with E-state index >= 15 is 0 Å². The van der Waals surface area contributed by atoms with Gasteiger partial charge in [0.15, 0.2) is 11.6 Å². The Morgan fingerprint density at radius 2 is 1.79 bits per heavy atom. The summed E-state index contributed by atoms with van der Waals surface area (Å²) in [5, 5.41) is 20.7. The number of aliphatic carboxylic acids is 1. The quantitative estimate of drug-likeness (QED) is 0.529. The molecular weight excluding hydrogens is 435 g/mol. The van der Waals surface area contributed by atoms with Gasteiger partial charge >= 0.3 is 5.97 Å². The Labute approximate surface area is 188 Å². The van der Waals surface area contributed by atoms with E-state index in [1.807, 2.05) is 13.8 Å². The molecule has 2 aliphatic rings. The largest absolute Gasteiger partial charge is 0.507 e. The Morgan fingerprint density at radius 1 is 1.09 bits per heavy atom. The molecule has 0 radical (unpaired) electrons. The molecule has 0 bridgehead atoms. The molecule has 174 valence electrons. The number of ether oxygens (including phenoxy) is 1. The minimum absolute atomic E-state index is 0.274. The highest BCUT2D eigenvalue weighted by Crippen LogP contribution is 2.55. The third kappa shape index (κ3) is 3.22. The highest BCUT2D eigenvalue weighted by atomic mass is 19.2. The lowest BCUT2D eigenvalue weighted by Crippen LogP contribution is -2.46. The number of nitrogens with zero attached hydrogens (tertiary/aromatic N) is 1. The summed E-state index contributed by atoms with van der Waals surface area (Å²) in [4.78, 5) is 11.5. The third-order valence-electron chi connectivity index (χ3n) is 7.12. The SMILES string of the molecule is CC1(C)CO[C@]2(CC[C@@H](C(=O)O)CC2)c2c1n(-c1ccc(F)c(F)c1)c1cc(F)cc(O)c12. The predicted octanol–water partition coefficient (Wildman–Crippen LogP) is 5.53. The van der Waals surface area contributed by atoms with Crippen LogP contribution in [-0.2, 0) is 20.5 Å². The van der Waals surface area contributed by atoms with Crippen molar-refractivity contribution in [3.63, 3.8) is 0 Å². The summed E-state index contributed by atoms with van der Waals surface area (Å²) in [5.41, 5.74) is 0.520. The predicted molar refractivity (Wildman–Crippen MR) is 115 cm³/mol. The van der Waals surface area contributed by atoms with E-state index in [1.54, 1.807) is 4.57 Å². The van der Waals surface area contributed by atoms with Gasteiger partial charge in [0.05, 0.1) is 23.6 Å². The highest BCUT2D eigenvalue weighted by molar-refractivity contribution is 5.94. The van der Waals surface area contributed by atoms with E-state index in [0.717, 1.165) is 18.2 Å². The topological polar surface area (TPSA) is 71.7 Å². The van der Waals surface area contributed by atoms with Crippen LogP contribution in [0, 0.1) is 23.4 Å². The minimum Gasteiger partial charge on any atom is -0.507 e. The lowest BCUT2D eigenvalue weighted by Gasteiger charge is -2.47. The Bertz CT molecular complexity index is 1290. The summed E-state index contributed by atoms with van der Waals surface area (Å²) >= 11 is 0. The number of aromatic hydroxyl groups is 1. The molecule has 1 aromatic heterocycles. The molecule has 1 spiro atoms. The molecule has 8 heteroatoms. The zero-order valence-corrected chi connectivity index (χ0v) is 18.3. The van der Waals surface area contributed by atoms with Crippen LogP contribution in [-0.4, -0.2) is 27.4 Å².